The molecule has 0 spiro atoms. The molecule has 8 nitrogen and oxygen atoms in total. The van der Waals surface area contributed by atoms with E-state index in [0.717, 1.165) is 64.2 Å². The third-order valence-corrected chi connectivity index (χ3v) is 12.6. The minimum Gasteiger partial charge on any atom is -0.756 e. The molecule has 1 amide bonds. The van der Waals surface area contributed by atoms with Gasteiger partial charge in [0, 0.05) is 6.42 Å². The number of carbonyl (C=O) groups excluding carboxylic acids is 1. The Hall–Kier alpha value is -1.28. The van der Waals surface area contributed by atoms with Crippen LogP contribution in [0.3, 0.4) is 0 Å². The van der Waals surface area contributed by atoms with Crippen LogP contribution in [0.5, 0.6) is 0 Å². The summed E-state index contributed by atoms with van der Waals surface area (Å²) >= 11 is 0. The maximum atomic E-state index is 12.9. The minimum absolute atomic E-state index is 0.00904. The number of amides is 1. The monoisotopic (exact) mass is 881 g/mol. The number of phosphoric ester groups is 1. The zero-order valence-corrected chi connectivity index (χ0v) is 41.8. The Kier molecular flexibility index (Phi) is 43.0. The molecule has 0 saturated carbocycles. The van der Waals surface area contributed by atoms with Crippen LogP contribution in [0.15, 0.2) is 36.5 Å². The molecule has 0 rings (SSSR count). The molecule has 9 heteroatoms. The van der Waals surface area contributed by atoms with Crippen LogP contribution >= 0.6 is 7.82 Å². The van der Waals surface area contributed by atoms with Crippen molar-refractivity contribution in [3.05, 3.63) is 36.5 Å². The van der Waals surface area contributed by atoms with Gasteiger partial charge in [-0.05, 0) is 51.4 Å². The second kappa shape index (κ2) is 43.9. The van der Waals surface area contributed by atoms with Gasteiger partial charge in [-0.25, -0.2) is 0 Å². The van der Waals surface area contributed by atoms with Gasteiger partial charge in [0.25, 0.3) is 7.82 Å². The summed E-state index contributed by atoms with van der Waals surface area (Å²) in [4.78, 5) is 25.4. The van der Waals surface area contributed by atoms with Crippen LogP contribution in [0.2, 0.25) is 0 Å². The predicted molar refractivity (Wildman–Crippen MR) is 261 cm³/mol. The van der Waals surface area contributed by atoms with E-state index in [9.17, 15) is 19.4 Å². The van der Waals surface area contributed by atoms with Crippen LogP contribution in [-0.2, 0) is 18.4 Å². The van der Waals surface area contributed by atoms with E-state index < -0.39 is 20.0 Å². The maximum absolute atomic E-state index is 12.9. The first kappa shape index (κ1) is 59.7. The molecule has 0 bridgehead atoms. The molecule has 0 aromatic heterocycles. The molecule has 0 saturated heterocycles. The number of aliphatic hydroxyl groups is 1. The van der Waals surface area contributed by atoms with Gasteiger partial charge in [-0.15, -0.1) is 0 Å². The lowest BCUT2D eigenvalue weighted by Gasteiger charge is -2.30. The SMILES string of the molecule is CCCCCCC/C=C\C/C=C\C/C=C\CCCCCCCCC(=O)NC(COP(=O)([O-])OCC[N+](C)(C)C)C(O)CCCCCCCCCCCCCCCCCCCC. The Morgan fingerprint density at radius 1 is 0.574 bits per heavy atom. The van der Waals surface area contributed by atoms with Crippen molar-refractivity contribution in [2.24, 2.45) is 0 Å². The fourth-order valence-electron chi connectivity index (χ4n) is 7.52. The minimum atomic E-state index is -4.57. The van der Waals surface area contributed by atoms with Crippen LogP contribution in [0.1, 0.15) is 239 Å². The molecule has 3 atom stereocenters. The fraction of sp³-hybridized carbons (Fsp3) is 0.865. The summed E-state index contributed by atoms with van der Waals surface area (Å²) in [7, 11) is 1.30. The highest BCUT2D eigenvalue weighted by Crippen LogP contribution is 2.38. The second-order valence-electron chi connectivity index (χ2n) is 18.9. The fourth-order valence-corrected chi connectivity index (χ4v) is 8.24. The zero-order chi connectivity index (χ0) is 45.0. The highest BCUT2D eigenvalue weighted by atomic mass is 31.2. The maximum Gasteiger partial charge on any atom is 0.268 e. The Morgan fingerprint density at radius 2 is 0.951 bits per heavy atom. The predicted octanol–water partition coefficient (Wildman–Crippen LogP) is 14.4. The molecule has 0 aromatic carbocycles. The molecule has 0 fully saturated rings. The van der Waals surface area contributed by atoms with E-state index in [1.165, 1.54) is 148 Å². The number of rotatable bonds is 47. The number of carbonyl (C=O) groups is 1. The number of allylic oxidation sites excluding steroid dienone is 6. The van der Waals surface area contributed by atoms with Gasteiger partial charge in [0.15, 0.2) is 0 Å². The molecule has 0 radical (unpaired) electrons. The van der Waals surface area contributed by atoms with E-state index in [2.05, 4.69) is 55.6 Å². The first-order valence-corrected chi connectivity index (χ1v) is 27.3. The third kappa shape index (κ3) is 46.5. The summed E-state index contributed by atoms with van der Waals surface area (Å²) in [5.74, 6) is -0.176. The number of hydrogen-bond donors (Lipinski definition) is 2. The molecule has 2 N–H and O–H groups in total. The highest BCUT2D eigenvalue weighted by molar-refractivity contribution is 7.45. The number of nitrogens with zero attached hydrogens (tertiary/aromatic N) is 1. The van der Waals surface area contributed by atoms with Crippen molar-refractivity contribution in [3.8, 4) is 0 Å². The van der Waals surface area contributed by atoms with Crippen LogP contribution < -0.4 is 10.2 Å². The summed E-state index contributed by atoms with van der Waals surface area (Å²) in [6, 6.07) is -0.808. The van der Waals surface area contributed by atoms with Gasteiger partial charge in [0.05, 0.1) is 39.9 Å². The summed E-state index contributed by atoms with van der Waals surface area (Å²) < 4.78 is 23.4. The van der Waals surface area contributed by atoms with E-state index in [0.29, 0.717) is 23.9 Å². The molecule has 61 heavy (non-hydrogen) atoms. The normalized spacial score (nSPS) is 14.4. The van der Waals surface area contributed by atoms with Gasteiger partial charge in [-0.1, -0.05) is 217 Å². The molecule has 360 valence electrons. The molecule has 0 aliphatic carbocycles. The summed E-state index contributed by atoms with van der Waals surface area (Å²) in [5.41, 5.74) is 0. The number of phosphoric acid groups is 1. The van der Waals surface area contributed by atoms with Crippen LogP contribution in [0.25, 0.3) is 0 Å². The lowest BCUT2D eigenvalue weighted by molar-refractivity contribution is -0.870. The Labute approximate surface area is 378 Å². The van der Waals surface area contributed by atoms with Gasteiger partial charge in [0.2, 0.25) is 5.91 Å². The highest BCUT2D eigenvalue weighted by Gasteiger charge is 2.24. The van der Waals surface area contributed by atoms with Crippen LogP contribution in [0.4, 0.5) is 0 Å². The van der Waals surface area contributed by atoms with Crippen molar-refractivity contribution in [2.75, 3.05) is 40.9 Å². The number of hydrogen-bond acceptors (Lipinski definition) is 6. The number of aliphatic hydroxyl groups excluding tert-OH is 1. The van der Waals surface area contributed by atoms with Crippen LogP contribution in [0, 0.1) is 0 Å². The van der Waals surface area contributed by atoms with Crippen molar-refractivity contribution in [1.82, 2.24) is 5.32 Å². The Morgan fingerprint density at radius 3 is 1.38 bits per heavy atom. The van der Waals surface area contributed by atoms with Crippen molar-refractivity contribution >= 4 is 13.7 Å². The number of quaternary nitrogens is 1. The number of nitrogens with one attached hydrogen (secondary N) is 1. The van der Waals surface area contributed by atoms with E-state index in [1.54, 1.807) is 0 Å². The molecule has 0 aliphatic heterocycles. The molecular weight excluding hydrogens is 780 g/mol. The Balaban J connectivity index is 4.30. The molecule has 0 heterocycles. The van der Waals surface area contributed by atoms with E-state index >= 15 is 0 Å². The zero-order valence-electron chi connectivity index (χ0n) is 40.9. The van der Waals surface area contributed by atoms with E-state index in [4.69, 9.17) is 9.05 Å². The summed E-state index contributed by atoms with van der Waals surface area (Å²) in [5, 5.41) is 14.0. The number of unbranched alkanes of at least 4 members (excludes halogenated alkanes) is 28. The third-order valence-electron chi connectivity index (χ3n) is 11.6. The lowest BCUT2D eigenvalue weighted by Crippen LogP contribution is -2.46. The lowest BCUT2D eigenvalue weighted by atomic mass is 10.0. The first-order chi connectivity index (χ1) is 29.5. The van der Waals surface area contributed by atoms with Gasteiger partial charge in [-0.2, -0.15) is 0 Å². The van der Waals surface area contributed by atoms with Crippen LogP contribution in [-0.4, -0.2) is 68.5 Å². The number of likely N-dealkylation sites (N-methyl/N-ethyl adjacent to an activating group) is 1. The van der Waals surface area contributed by atoms with Crippen molar-refractivity contribution in [3.63, 3.8) is 0 Å². The molecule has 0 aromatic rings. The van der Waals surface area contributed by atoms with E-state index in [-0.39, 0.29) is 19.1 Å². The average molecular weight is 881 g/mol. The van der Waals surface area contributed by atoms with E-state index in [1.807, 2.05) is 21.1 Å². The smallest absolute Gasteiger partial charge is 0.268 e. The largest absolute Gasteiger partial charge is 0.756 e. The average Bonchev–Trinajstić information content (AvgIpc) is 3.21. The topological polar surface area (TPSA) is 108 Å². The quantitative estimate of drug-likeness (QED) is 0.0273. The molecule has 3 unspecified atom stereocenters. The molecular formula is C52H101N2O6P. The second-order valence-corrected chi connectivity index (χ2v) is 20.3. The van der Waals surface area contributed by atoms with Gasteiger partial charge >= 0.3 is 0 Å². The summed E-state index contributed by atoms with van der Waals surface area (Å²) in [6.45, 7) is 4.72. The van der Waals surface area contributed by atoms with Gasteiger partial charge in [0.1, 0.15) is 13.2 Å². The standard InChI is InChI=1S/C52H101N2O6P/c1-6-8-10-12-14-16-18-20-22-24-26-27-28-30-32-34-36-38-40-42-44-46-52(56)53-50(49-60-61(57,58)59-48-47-54(3,4)5)51(55)45-43-41-39-37-35-33-31-29-25-23-21-19-17-15-13-11-9-7-2/h18,20,24,26,28,30,50-51,55H,6-17,19,21-23,25,27,29,31-49H2,1-5H3,(H-,53,56,57,58)/b20-18-,26-24-,30-28-. The Bertz CT molecular complexity index is 1090. The summed E-state index contributed by atoms with van der Waals surface area (Å²) in [6.07, 6.45) is 54.3. The molecule has 0 aliphatic rings. The first-order valence-electron chi connectivity index (χ1n) is 25.8. The van der Waals surface area contributed by atoms with Crippen molar-refractivity contribution in [2.45, 2.75) is 251 Å². The van der Waals surface area contributed by atoms with Crippen molar-refractivity contribution in [1.29, 1.82) is 0 Å². The van der Waals surface area contributed by atoms with Gasteiger partial charge < -0.3 is 28.8 Å². The van der Waals surface area contributed by atoms with Crippen molar-refractivity contribution < 1.29 is 32.9 Å². The van der Waals surface area contributed by atoms with Gasteiger partial charge in [-0.3, -0.25) is 9.36 Å².